The van der Waals surface area contributed by atoms with Gasteiger partial charge in [-0.05, 0) is 61.1 Å². The van der Waals surface area contributed by atoms with Crippen molar-refractivity contribution in [1.29, 1.82) is 0 Å². The second-order valence-electron chi connectivity index (χ2n) is 7.63. The van der Waals surface area contributed by atoms with Gasteiger partial charge in [-0.15, -0.1) is 0 Å². The van der Waals surface area contributed by atoms with Crippen LogP contribution in [0.15, 0.2) is 78.4 Å². The van der Waals surface area contributed by atoms with Crippen LogP contribution in [0.3, 0.4) is 0 Å². The first-order chi connectivity index (χ1) is 16.8. The van der Waals surface area contributed by atoms with Crippen LogP contribution >= 0.6 is 23.8 Å². The lowest BCUT2D eigenvalue weighted by Gasteiger charge is -2.28. The van der Waals surface area contributed by atoms with Gasteiger partial charge in [-0.1, -0.05) is 54.1 Å². The van der Waals surface area contributed by atoms with Gasteiger partial charge < -0.3 is 10.1 Å². The van der Waals surface area contributed by atoms with Crippen molar-refractivity contribution in [3.63, 3.8) is 0 Å². The summed E-state index contributed by atoms with van der Waals surface area (Å²) in [5.74, 6) is -1.23. The molecule has 9 heteroatoms. The van der Waals surface area contributed by atoms with Gasteiger partial charge in [0.25, 0.3) is 17.7 Å². The van der Waals surface area contributed by atoms with E-state index >= 15 is 0 Å². The normalized spacial score (nSPS) is 14.6. The predicted octanol–water partition coefficient (Wildman–Crippen LogP) is 4.50. The van der Waals surface area contributed by atoms with E-state index in [0.717, 1.165) is 5.56 Å². The van der Waals surface area contributed by atoms with E-state index in [0.29, 0.717) is 27.7 Å². The van der Waals surface area contributed by atoms with E-state index < -0.39 is 11.8 Å². The Morgan fingerprint density at radius 1 is 1.09 bits per heavy atom. The number of aryl methyl sites for hydroxylation is 1. The number of hydrogen-bond acceptors (Lipinski definition) is 5. The maximum Gasteiger partial charge on any atom is 0.270 e. The van der Waals surface area contributed by atoms with Crippen molar-refractivity contribution in [2.24, 2.45) is 0 Å². The lowest BCUT2D eigenvalue weighted by molar-refractivity contribution is -0.122. The Morgan fingerprint density at radius 2 is 1.80 bits per heavy atom. The second kappa shape index (κ2) is 10.5. The first-order valence-electron chi connectivity index (χ1n) is 10.6. The summed E-state index contributed by atoms with van der Waals surface area (Å²) in [4.78, 5) is 39.4. The number of carbonyl (C=O) groups is 3. The van der Waals surface area contributed by atoms with Crippen LogP contribution in [0, 0.1) is 6.92 Å². The van der Waals surface area contributed by atoms with Gasteiger partial charge in [-0.2, -0.15) is 0 Å². The van der Waals surface area contributed by atoms with Gasteiger partial charge in [0, 0.05) is 16.3 Å². The van der Waals surface area contributed by atoms with Crippen molar-refractivity contribution < 1.29 is 19.1 Å². The minimum Gasteiger partial charge on any atom is -0.483 e. The molecule has 4 rings (SSSR count). The van der Waals surface area contributed by atoms with E-state index in [1.54, 1.807) is 66.7 Å². The van der Waals surface area contributed by atoms with Crippen LogP contribution in [-0.2, 0) is 14.4 Å². The molecule has 3 aromatic carbocycles. The van der Waals surface area contributed by atoms with E-state index in [-0.39, 0.29) is 23.2 Å². The molecule has 0 unspecified atom stereocenters. The number of thiocarbonyl (C=S) groups is 1. The van der Waals surface area contributed by atoms with Crippen LogP contribution in [0.2, 0.25) is 5.02 Å². The van der Waals surface area contributed by atoms with E-state index in [1.165, 1.54) is 11.0 Å². The van der Waals surface area contributed by atoms with Gasteiger partial charge in [0.1, 0.15) is 11.3 Å². The number of rotatable bonds is 6. The highest BCUT2D eigenvalue weighted by Gasteiger charge is 2.34. The number of hydrogen-bond donors (Lipinski definition) is 2. The maximum atomic E-state index is 13.2. The number of benzene rings is 3. The third kappa shape index (κ3) is 5.56. The first-order valence-corrected chi connectivity index (χ1v) is 11.4. The Kier molecular flexibility index (Phi) is 7.24. The zero-order valence-corrected chi connectivity index (χ0v) is 20.2. The van der Waals surface area contributed by atoms with Crippen LogP contribution in [0.5, 0.6) is 5.75 Å². The number of amides is 3. The molecule has 3 aromatic rings. The lowest BCUT2D eigenvalue weighted by Crippen LogP contribution is -2.54. The number of nitrogens with zero attached hydrogens (tertiary/aromatic N) is 1. The largest absolute Gasteiger partial charge is 0.483 e. The van der Waals surface area contributed by atoms with Crippen LogP contribution < -0.4 is 20.3 Å². The van der Waals surface area contributed by atoms with Gasteiger partial charge in [0.05, 0.1) is 5.69 Å². The van der Waals surface area contributed by atoms with E-state index in [9.17, 15) is 14.4 Å². The molecule has 1 aliphatic heterocycles. The molecule has 2 N–H and O–H groups in total. The predicted molar refractivity (Wildman–Crippen MR) is 139 cm³/mol. The van der Waals surface area contributed by atoms with Crippen molar-refractivity contribution in [3.8, 4) is 5.75 Å². The summed E-state index contributed by atoms with van der Waals surface area (Å²) in [7, 11) is 0. The molecule has 1 fully saturated rings. The summed E-state index contributed by atoms with van der Waals surface area (Å²) in [5, 5.41) is 5.81. The smallest absolute Gasteiger partial charge is 0.270 e. The Bertz CT molecular complexity index is 1360. The van der Waals surface area contributed by atoms with Crippen molar-refractivity contribution >= 4 is 64.1 Å². The zero-order valence-electron chi connectivity index (χ0n) is 18.6. The number of anilines is 2. The molecule has 0 atom stereocenters. The standard InChI is InChI=1S/C26H20ClN3O4S/c1-16-11-12-18(14-21(16)27)28-23(31)15-34-22-10-6-5-7-17(22)13-20-24(32)29-26(35)30(25(20)33)19-8-3-2-4-9-19/h2-14H,15H2,1H3,(H,28,31)(H,29,32,35)/b20-13-. The third-order valence-electron chi connectivity index (χ3n) is 5.15. The molecule has 1 aliphatic rings. The minimum absolute atomic E-state index is 0.000709. The van der Waals surface area contributed by atoms with Gasteiger partial charge >= 0.3 is 0 Å². The lowest BCUT2D eigenvalue weighted by atomic mass is 10.1. The number of carbonyl (C=O) groups excluding carboxylic acids is 3. The molecular weight excluding hydrogens is 486 g/mol. The SMILES string of the molecule is Cc1ccc(NC(=O)COc2ccccc2/C=C2/C(=O)NC(=S)N(c3ccccc3)C2=O)cc1Cl. The highest BCUT2D eigenvalue weighted by atomic mass is 35.5. The van der Waals surface area contributed by atoms with Crippen molar-refractivity contribution in [3.05, 3.63) is 94.5 Å². The topological polar surface area (TPSA) is 87.7 Å². The molecule has 0 spiro atoms. The molecule has 1 heterocycles. The fourth-order valence-electron chi connectivity index (χ4n) is 3.37. The highest BCUT2D eigenvalue weighted by Crippen LogP contribution is 2.26. The van der Waals surface area contributed by atoms with Gasteiger partial charge in [-0.25, -0.2) is 0 Å². The molecule has 7 nitrogen and oxygen atoms in total. The molecule has 0 saturated carbocycles. The Labute approximate surface area is 212 Å². The maximum absolute atomic E-state index is 13.2. The average Bonchev–Trinajstić information content (AvgIpc) is 2.84. The van der Waals surface area contributed by atoms with E-state index in [1.807, 2.05) is 13.0 Å². The average molecular weight is 506 g/mol. The molecule has 0 aromatic heterocycles. The van der Waals surface area contributed by atoms with Crippen LogP contribution in [0.1, 0.15) is 11.1 Å². The number of para-hydroxylation sites is 2. The first kappa shape index (κ1) is 24.1. The zero-order chi connectivity index (χ0) is 24.9. The number of halogens is 1. The Hall–Kier alpha value is -4.01. The Morgan fingerprint density at radius 3 is 2.54 bits per heavy atom. The van der Waals surface area contributed by atoms with Gasteiger partial charge in [-0.3, -0.25) is 24.6 Å². The monoisotopic (exact) mass is 505 g/mol. The molecular formula is C26H20ClN3O4S. The molecule has 0 radical (unpaired) electrons. The molecule has 1 saturated heterocycles. The summed E-state index contributed by atoms with van der Waals surface area (Å²) >= 11 is 11.3. The quantitative estimate of drug-likeness (QED) is 0.292. The van der Waals surface area contributed by atoms with E-state index in [4.69, 9.17) is 28.6 Å². The second-order valence-corrected chi connectivity index (χ2v) is 8.43. The number of nitrogens with one attached hydrogen (secondary N) is 2. The minimum atomic E-state index is -0.615. The van der Waals surface area contributed by atoms with E-state index in [2.05, 4.69) is 10.6 Å². The molecule has 0 aliphatic carbocycles. The fourth-order valence-corrected chi connectivity index (χ4v) is 3.83. The van der Waals surface area contributed by atoms with Crippen molar-refractivity contribution in [1.82, 2.24) is 5.32 Å². The molecule has 0 bridgehead atoms. The van der Waals surface area contributed by atoms with Crippen molar-refractivity contribution in [2.45, 2.75) is 6.92 Å². The summed E-state index contributed by atoms with van der Waals surface area (Å²) in [6.45, 7) is 1.58. The third-order valence-corrected chi connectivity index (χ3v) is 5.84. The van der Waals surface area contributed by atoms with Gasteiger partial charge in [0.2, 0.25) is 0 Å². The fraction of sp³-hybridized carbons (Fsp3) is 0.0769. The Balaban J connectivity index is 1.53. The summed E-state index contributed by atoms with van der Waals surface area (Å²) < 4.78 is 5.70. The summed E-state index contributed by atoms with van der Waals surface area (Å²) in [5.41, 5.74) is 2.32. The summed E-state index contributed by atoms with van der Waals surface area (Å²) in [6, 6.07) is 20.8. The van der Waals surface area contributed by atoms with Gasteiger partial charge in [0.15, 0.2) is 11.7 Å². The van der Waals surface area contributed by atoms with Crippen LogP contribution in [0.25, 0.3) is 6.08 Å². The molecule has 3 amide bonds. The molecule has 176 valence electrons. The summed E-state index contributed by atoms with van der Waals surface area (Å²) in [6.07, 6.45) is 1.42. The highest BCUT2D eigenvalue weighted by molar-refractivity contribution is 7.80. The molecule has 35 heavy (non-hydrogen) atoms. The van der Waals surface area contributed by atoms with Crippen LogP contribution in [-0.4, -0.2) is 29.4 Å². The van der Waals surface area contributed by atoms with Crippen molar-refractivity contribution in [2.75, 3.05) is 16.8 Å². The van der Waals surface area contributed by atoms with Crippen LogP contribution in [0.4, 0.5) is 11.4 Å². The number of ether oxygens (including phenoxy) is 1.